The van der Waals surface area contributed by atoms with Gasteiger partial charge in [-0.05, 0) is 6.07 Å². The van der Waals surface area contributed by atoms with E-state index in [1.54, 1.807) is 12.1 Å². The molecule has 1 N–H and O–H groups in total. The van der Waals surface area contributed by atoms with Crippen LogP contribution < -0.4 is 5.32 Å². The first-order valence-electron chi connectivity index (χ1n) is 5.60. The molecule has 2 aromatic rings. The van der Waals surface area contributed by atoms with Crippen LogP contribution in [0, 0.1) is 0 Å². The van der Waals surface area contributed by atoms with Gasteiger partial charge in [-0.15, -0.1) is 0 Å². The van der Waals surface area contributed by atoms with Gasteiger partial charge in [0.2, 0.25) is 0 Å². The van der Waals surface area contributed by atoms with Crippen molar-refractivity contribution < 1.29 is 18.7 Å². The molecule has 100 valence electrons. The predicted octanol–water partition coefficient (Wildman–Crippen LogP) is 2.10. The Kier molecular flexibility index (Phi) is 4.21. The Labute approximate surface area is 118 Å². The number of esters is 1. The van der Waals surface area contributed by atoms with Gasteiger partial charge in [0.15, 0.2) is 0 Å². The molecule has 19 heavy (non-hydrogen) atoms. The van der Waals surface area contributed by atoms with Gasteiger partial charge in [0.25, 0.3) is 5.91 Å². The van der Waals surface area contributed by atoms with Gasteiger partial charge in [0.1, 0.15) is 16.7 Å². The maximum absolute atomic E-state index is 12.0. The van der Waals surface area contributed by atoms with Crippen LogP contribution in [0.2, 0.25) is 0 Å². The molecule has 5 nitrogen and oxygen atoms in total. The summed E-state index contributed by atoms with van der Waals surface area (Å²) in [5.41, 5.74) is 1.09. The van der Waals surface area contributed by atoms with Gasteiger partial charge in [0, 0.05) is 11.9 Å². The van der Waals surface area contributed by atoms with E-state index in [1.165, 1.54) is 13.4 Å². The van der Waals surface area contributed by atoms with Crippen molar-refractivity contribution in [2.45, 2.75) is 4.83 Å². The smallest absolute Gasteiger partial charge is 0.321 e. The summed E-state index contributed by atoms with van der Waals surface area (Å²) in [5.74, 6) is -0.726. The minimum atomic E-state index is -0.570. The molecule has 1 atom stereocenters. The minimum absolute atomic E-state index is 0.144. The number of carbonyl (C=O) groups is 2. The predicted molar refractivity (Wildman–Crippen MR) is 73.3 cm³/mol. The molecular weight excluding hydrogens is 314 g/mol. The molecule has 0 aliphatic heterocycles. The zero-order valence-electron chi connectivity index (χ0n) is 10.2. The number of carbonyl (C=O) groups excluding carboxylic acids is 2. The van der Waals surface area contributed by atoms with E-state index >= 15 is 0 Å². The number of alkyl halides is 1. The molecule has 0 bridgehead atoms. The highest BCUT2D eigenvalue weighted by molar-refractivity contribution is 9.10. The number of ether oxygens (including phenoxy) is 1. The van der Waals surface area contributed by atoms with Crippen LogP contribution in [-0.4, -0.2) is 30.4 Å². The highest BCUT2D eigenvalue weighted by Gasteiger charge is 2.18. The second-order valence-corrected chi connectivity index (χ2v) is 4.95. The van der Waals surface area contributed by atoms with E-state index in [0.717, 1.165) is 5.39 Å². The Morgan fingerprint density at radius 2 is 2.16 bits per heavy atom. The van der Waals surface area contributed by atoms with Crippen molar-refractivity contribution in [1.29, 1.82) is 0 Å². The van der Waals surface area contributed by atoms with Crippen LogP contribution in [0.3, 0.4) is 0 Å². The first kappa shape index (κ1) is 13.6. The van der Waals surface area contributed by atoms with Crippen LogP contribution in [-0.2, 0) is 9.53 Å². The largest absolute Gasteiger partial charge is 0.468 e. The monoisotopic (exact) mass is 325 g/mol. The van der Waals surface area contributed by atoms with Gasteiger partial charge in [-0.25, -0.2) is 0 Å². The second kappa shape index (κ2) is 5.88. The van der Waals surface area contributed by atoms with Crippen molar-refractivity contribution in [2.24, 2.45) is 0 Å². The summed E-state index contributed by atoms with van der Waals surface area (Å²) in [6.45, 7) is 0.144. The number of benzene rings is 1. The number of hydrogen-bond donors (Lipinski definition) is 1. The quantitative estimate of drug-likeness (QED) is 0.690. The zero-order chi connectivity index (χ0) is 13.8. The van der Waals surface area contributed by atoms with Crippen molar-refractivity contribution in [2.75, 3.05) is 13.7 Å². The molecule has 1 aromatic carbocycles. The number of rotatable bonds is 4. The van der Waals surface area contributed by atoms with Gasteiger partial charge < -0.3 is 14.5 Å². The molecule has 1 aromatic heterocycles. The Bertz CT molecular complexity index is 607. The Balaban J connectivity index is 2.06. The van der Waals surface area contributed by atoms with Crippen LogP contribution in [0.25, 0.3) is 11.0 Å². The molecular formula is C13H12BrNO4. The molecule has 0 aliphatic rings. The third-order valence-electron chi connectivity index (χ3n) is 2.62. The summed E-state index contributed by atoms with van der Waals surface area (Å²) >= 11 is 3.13. The average Bonchev–Trinajstić information content (AvgIpc) is 2.87. The van der Waals surface area contributed by atoms with E-state index < -0.39 is 10.8 Å². The van der Waals surface area contributed by atoms with Gasteiger partial charge in [-0.2, -0.15) is 0 Å². The van der Waals surface area contributed by atoms with Crippen LogP contribution in [0.1, 0.15) is 10.4 Å². The van der Waals surface area contributed by atoms with E-state index in [2.05, 4.69) is 26.0 Å². The topological polar surface area (TPSA) is 68.5 Å². The van der Waals surface area contributed by atoms with Crippen molar-refractivity contribution in [3.63, 3.8) is 0 Å². The molecule has 0 spiro atoms. The van der Waals surface area contributed by atoms with Gasteiger partial charge in [0.05, 0.1) is 12.7 Å². The van der Waals surface area contributed by atoms with Crippen molar-refractivity contribution in [3.05, 3.63) is 36.1 Å². The van der Waals surface area contributed by atoms with Crippen LogP contribution in [0.5, 0.6) is 0 Å². The third kappa shape index (κ3) is 2.96. The Morgan fingerprint density at radius 1 is 1.42 bits per heavy atom. The maximum atomic E-state index is 12.0. The molecule has 1 unspecified atom stereocenters. The Hall–Kier alpha value is -1.82. The number of furan rings is 1. The van der Waals surface area contributed by atoms with E-state index in [4.69, 9.17) is 4.42 Å². The molecule has 0 saturated heterocycles. The summed E-state index contributed by atoms with van der Waals surface area (Å²) in [6, 6.07) is 7.25. The molecule has 0 fully saturated rings. The fraction of sp³-hybridized carbons (Fsp3) is 0.231. The Morgan fingerprint density at radius 3 is 2.89 bits per heavy atom. The molecule has 0 radical (unpaired) electrons. The van der Waals surface area contributed by atoms with Crippen LogP contribution >= 0.6 is 15.9 Å². The van der Waals surface area contributed by atoms with E-state index in [9.17, 15) is 9.59 Å². The molecule has 1 amide bonds. The molecule has 6 heteroatoms. The number of para-hydroxylation sites is 1. The fourth-order valence-electron chi connectivity index (χ4n) is 1.64. The lowest BCUT2D eigenvalue weighted by Crippen LogP contribution is -2.33. The fourth-order valence-corrected chi connectivity index (χ4v) is 1.99. The molecule has 1 heterocycles. The minimum Gasteiger partial charge on any atom is -0.468 e. The number of methoxy groups -OCH3 is 1. The lowest BCUT2D eigenvalue weighted by atomic mass is 10.1. The van der Waals surface area contributed by atoms with Crippen molar-refractivity contribution >= 4 is 38.8 Å². The average molecular weight is 326 g/mol. The molecule has 0 saturated carbocycles. The summed E-state index contributed by atoms with van der Waals surface area (Å²) < 4.78 is 9.83. The third-order valence-corrected chi connectivity index (χ3v) is 3.32. The summed E-state index contributed by atoms with van der Waals surface area (Å²) in [5, 5.41) is 3.39. The zero-order valence-corrected chi connectivity index (χ0v) is 11.8. The standard InChI is InChI=1S/C13H12BrNO4/c1-18-13(17)10(14)6-15-12(16)9-7-19-11-5-3-2-4-8(9)11/h2-5,7,10H,6H2,1H3,(H,15,16). The highest BCUT2D eigenvalue weighted by atomic mass is 79.9. The lowest BCUT2D eigenvalue weighted by molar-refractivity contribution is -0.139. The second-order valence-electron chi connectivity index (χ2n) is 3.85. The summed E-state index contributed by atoms with van der Waals surface area (Å²) in [6.07, 6.45) is 1.40. The van der Waals surface area contributed by atoms with Crippen LogP contribution in [0.4, 0.5) is 0 Å². The number of hydrogen-bond acceptors (Lipinski definition) is 4. The number of fused-ring (bicyclic) bond motifs is 1. The van der Waals surface area contributed by atoms with E-state index in [-0.39, 0.29) is 12.5 Å². The number of nitrogens with one attached hydrogen (secondary N) is 1. The molecule has 0 aliphatic carbocycles. The number of halogens is 1. The first-order chi connectivity index (χ1) is 9.13. The SMILES string of the molecule is COC(=O)C(Br)CNC(=O)c1coc2ccccc12. The summed E-state index contributed by atoms with van der Waals surface area (Å²) in [4.78, 5) is 22.6. The molecule has 2 rings (SSSR count). The first-order valence-corrected chi connectivity index (χ1v) is 6.51. The number of amides is 1. The van der Waals surface area contributed by atoms with Crippen molar-refractivity contribution in [3.8, 4) is 0 Å². The van der Waals surface area contributed by atoms with Gasteiger partial charge in [-0.1, -0.05) is 34.1 Å². The summed E-state index contributed by atoms with van der Waals surface area (Å²) in [7, 11) is 1.29. The van der Waals surface area contributed by atoms with E-state index in [1.807, 2.05) is 12.1 Å². The highest BCUT2D eigenvalue weighted by Crippen LogP contribution is 2.20. The lowest BCUT2D eigenvalue weighted by Gasteiger charge is -2.08. The van der Waals surface area contributed by atoms with E-state index in [0.29, 0.717) is 11.1 Å². The maximum Gasteiger partial charge on any atom is 0.321 e. The van der Waals surface area contributed by atoms with Crippen LogP contribution in [0.15, 0.2) is 34.9 Å². The normalized spacial score (nSPS) is 12.1. The van der Waals surface area contributed by atoms with Crippen molar-refractivity contribution in [1.82, 2.24) is 5.32 Å². The van der Waals surface area contributed by atoms with Gasteiger partial charge in [-0.3, -0.25) is 9.59 Å². The van der Waals surface area contributed by atoms with Gasteiger partial charge >= 0.3 is 5.97 Å².